The van der Waals surface area contributed by atoms with Crippen LogP contribution in [0.2, 0.25) is 0 Å². The summed E-state index contributed by atoms with van der Waals surface area (Å²) in [6.07, 6.45) is 6.42. The van der Waals surface area contributed by atoms with Gasteiger partial charge in [-0.1, -0.05) is 81.1 Å². The van der Waals surface area contributed by atoms with Crippen molar-refractivity contribution < 1.29 is 9.53 Å². The highest BCUT2D eigenvalue weighted by molar-refractivity contribution is 6.03. The number of benzene rings is 2. The highest BCUT2D eigenvalue weighted by Crippen LogP contribution is 2.35. The van der Waals surface area contributed by atoms with Crippen molar-refractivity contribution in [3.8, 4) is 11.1 Å². The summed E-state index contributed by atoms with van der Waals surface area (Å²) in [5.74, 6) is 0.375. The fourth-order valence-electron chi connectivity index (χ4n) is 4.33. The average Bonchev–Trinajstić information content (AvgIpc) is 2.87. The zero-order chi connectivity index (χ0) is 28.1. The van der Waals surface area contributed by atoms with E-state index in [9.17, 15) is 4.79 Å². The van der Waals surface area contributed by atoms with E-state index >= 15 is 0 Å². The standard InChI is InChI=1S/C33H45N3O2/c1-9-16-26(21-22-34-32(37)38-33(6,7)8)23-35-25(5)31-29(28-17-13-12-14-18-28)19-15-20-30(31)36-24(4)27(10-2)11-3/h10-15,17-20,26,35H,2,5,9,16,21-23H2,1,3-4,6-8H3,(H,34,37)/b27-11+,36-24?. The summed E-state index contributed by atoms with van der Waals surface area (Å²) in [6.45, 7) is 21.5. The van der Waals surface area contributed by atoms with Crippen LogP contribution in [0.3, 0.4) is 0 Å². The summed E-state index contributed by atoms with van der Waals surface area (Å²) >= 11 is 0. The molecule has 0 saturated heterocycles. The van der Waals surface area contributed by atoms with Crippen LogP contribution in [0.5, 0.6) is 0 Å². The summed E-state index contributed by atoms with van der Waals surface area (Å²) < 4.78 is 5.37. The Morgan fingerprint density at radius 3 is 2.39 bits per heavy atom. The SMILES string of the molecule is C=C/C(=C\C)C(C)=Nc1cccc(-c2ccccc2)c1C(=C)NCC(CCC)CCNC(=O)OC(C)(C)C. The molecule has 2 N–H and O–H groups in total. The van der Waals surface area contributed by atoms with Gasteiger partial charge < -0.3 is 15.4 Å². The van der Waals surface area contributed by atoms with Crippen LogP contribution in [-0.4, -0.2) is 30.5 Å². The van der Waals surface area contributed by atoms with Gasteiger partial charge >= 0.3 is 6.09 Å². The van der Waals surface area contributed by atoms with Crippen molar-refractivity contribution in [1.82, 2.24) is 10.6 Å². The molecule has 0 spiro atoms. The first-order chi connectivity index (χ1) is 18.1. The van der Waals surface area contributed by atoms with E-state index in [2.05, 4.69) is 48.9 Å². The first kappa shape index (κ1) is 30.6. The molecule has 0 aromatic heterocycles. The first-order valence-electron chi connectivity index (χ1n) is 13.5. The normalized spacial score (nSPS) is 13.0. The maximum Gasteiger partial charge on any atom is 0.407 e. The van der Waals surface area contributed by atoms with Crippen molar-refractivity contribution >= 4 is 23.2 Å². The van der Waals surface area contributed by atoms with Crippen LogP contribution in [0.1, 0.15) is 66.4 Å². The molecule has 2 aromatic rings. The number of hydrogen-bond acceptors (Lipinski definition) is 4. The zero-order valence-electron chi connectivity index (χ0n) is 24.1. The average molecular weight is 516 g/mol. The van der Waals surface area contributed by atoms with Crippen LogP contribution in [0, 0.1) is 5.92 Å². The molecule has 0 aliphatic carbocycles. The minimum Gasteiger partial charge on any atom is -0.444 e. The number of alkyl carbamates (subject to hydrolysis) is 1. The Morgan fingerprint density at radius 1 is 1.08 bits per heavy atom. The molecule has 0 saturated carbocycles. The van der Waals surface area contributed by atoms with E-state index < -0.39 is 5.60 Å². The number of hydrogen-bond donors (Lipinski definition) is 2. The molecule has 1 atom stereocenters. The second-order valence-corrected chi connectivity index (χ2v) is 10.4. The fraction of sp³-hybridized carbons (Fsp3) is 0.394. The molecule has 2 rings (SSSR count). The molecule has 0 aliphatic heterocycles. The van der Waals surface area contributed by atoms with E-state index in [1.165, 1.54) is 0 Å². The third-order valence-corrected chi connectivity index (χ3v) is 6.19. The second-order valence-electron chi connectivity index (χ2n) is 10.4. The number of nitrogens with one attached hydrogen (secondary N) is 2. The van der Waals surface area contributed by atoms with Gasteiger partial charge in [-0.2, -0.15) is 0 Å². The lowest BCUT2D eigenvalue weighted by atomic mass is 9.95. The highest BCUT2D eigenvalue weighted by Gasteiger charge is 2.18. The molecule has 5 heteroatoms. The highest BCUT2D eigenvalue weighted by atomic mass is 16.6. The molecule has 38 heavy (non-hydrogen) atoms. The van der Waals surface area contributed by atoms with Crippen LogP contribution in [-0.2, 0) is 4.74 Å². The Balaban J connectivity index is 2.27. The topological polar surface area (TPSA) is 62.7 Å². The lowest BCUT2D eigenvalue weighted by molar-refractivity contribution is 0.0525. The first-order valence-corrected chi connectivity index (χ1v) is 13.5. The van der Waals surface area contributed by atoms with Gasteiger partial charge in [0.25, 0.3) is 0 Å². The fourth-order valence-corrected chi connectivity index (χ4v) is 4.33. The predicted molar refractivity (Wildman–Crippen MR) is 163 cm³/mol. The number of allylic oxidation sites excluding steroid dienone is 3. The number of carbonyl (C=O) groups excluding carboxylic acids is 1. The van der Waals surface area contributed by atoms with Gasteiger partial charge in [-0.05, 0) is 76.1 Å². The third kappa shape index (κ3) is 9.70. The van der Waals surface area contributed by atoms with Gasteiger partial charge in [0.15, 0.2) is 0 Å². The van der Waals surface area contributed by atoms with Gasteiger partial charge in [0.2, 0.25) is 0 Å². The Morgan fingerprint density at radius 2 is 1.79 bits per heavy atom. The smallest absolute Gasteiger partial charge is 0.407 e. The lowest BCUT2D eigenvalue weighted by Gasteiger charge is -2.22. The number of rotatable bonds is 13. The van der Waals surface area contributed by atoms with Crippen molar-refractivity contribution in [3.63, 3.8) is 0 Å². The Bertz CT molecular complexity index is 1140. The maximum absolute atomic E-state index is 12.1. The Hall–Kier alpha value is -3.60. The van der Waals surface area contributed by atoms with Gasteiger partial charge in [0.05, 0.1) is 5.69 Å². The van der Waals surface area contributed by atoms with E-state index in [0.717, 1.165) is 65.2 Å². The van der Waals surface area contributed by atoms with E-state index in [-0.39, 0.29) is 6.09 Å². The van der Waals surface area contributed by atoms with Crippen molar-refractivity contribution in [2.75, 3.05) is 13.1 Å². The van der Waals surface area contributed by atoms with Crippen LogP contribution in [0.25, 0.3) is 16.8 Å². The van der Waals surface area contributed by atoms with Crippen molar-refractivity contribution in [1.29, 1.82) is 0 Å². The summed E-state index contributed by atoms with van der Waals surface area (Å²) in [7, 11) is 0. The Kier molecular flexibility index (Phi) is 12.1. The number of nitrogens with zero attached hydrogens (tertiary/aromatic N) is 1. The quantitative estimate of drug-likeness (QED) is 0.208. The molecule has 0 heterocycles. The van der Waals surface area contributed by atoms with Gasteiger partial charge in [-0.15, -0.1) is 0 Å². The van der Waals surface area contributed by atoms with Crippen LogP contribution in [0.15, 0.2) is 84.4 Å². The number of ether oxygens (including phenoxy) is 1. The molecule has 1 amide bonds. The van der Waals surface area contributed by atoms with Gasteiger partial charge in [-0.25, -0.2) is 4.79 Å². The molecule has 0 bridgehead atoms. The van der Waals surface area contributed by atoms with Crippen molar-refractivity contribution in [3.05, 3.63) is 85.0 Å². The summed E-state index contributed by atoms with van der Waals surface area (Å²) in [6, 6.07) is 16.5. The van der Waals surface area contributed by atoms with Crippen molar-refractivity contribution in [2.45, 2.75) is 66.4 Å². The third-order valence-electron chi connectivity index (χ3n) is 6.19. The number of amides is 1. The molecule has 5 nitrogen and oxygen atoms in total. The van der Waals surface area contributed by atoms with Crippen LogP contribution in [0.4, 0.5) is 10.5 Å². The molecule has 0 aliphatic rings. The minimum atomic E-state index is -0.504. The molecule has 204 valence electrons. The summed E-state index contributed by atoms with van der Waals surface area (Å²) in [5, 5.41) is 6.49. The van der Waals surface area contributed by atoms with E-state index in [1.54, 1.807) is 0 Å². The number of aliphatic imine (C=N–C) groups is 1. The predicted octanol–water partition coefficient (Wildman–Crippen LogP) is 8.47. The van der Waals surface area contributed by atoms with Crippen LogP contribution >= 0.6 is 0 Å². The van der Waals surface area contributed by atoms with Gasteiger partial charge in [-0.3, -0.25) is 4.99 Å². The van der Waals surface area contributed by atoms with Gasteiger partial charge in [0.1, 0.15) is 5.60 Å². The molecule has 2 aromatic carbocycles. The van der Waals surface area contributed by atoms with Crippen LogP contribution < -0.4 is 10.6 Å². The monoisotopic (exact) mass is 515 g/mol. The molecule has 1 unspecified atom stereocenters. The number of carbonyl (C=O) groups is 1. The van der Waals surface area contributed by atoms with Gasteiger partial charge in [0, 0.05) is 30.1 Å². The zero-order valence-corrected chi connectivity index (χ0v) is 24.1. The minimum absolute atomic E-state index is 0.375. The molecular weight excluding hydrogens is 470 g/mol. The summed E-state index contributed by atoms with van der Waals surface area (Å²) in [5.41, 5.74) is 6.27. The van der Waals surface area contributed by atoms with Crippen molar-refractivity contribution in [2.24, 2.45) is 10.9 Å². The Labute approximate surface area is 229 Å². The van der Waals surface area contributed by atoms with E-state index in [0.29, 0.717) is 12.5 Å². The van der Waals surface area contributed by atoms with E-state index in [1.807, 2.05) is 77.1 Å². The maximum atomic E-state index is 12.1. The van der Waals surface area contributed by atoms with E-state index in [4.69, 9.17) is 9.73 Å². The molecular formula is C33H45N3O2. The molecule has 0 radical (unpaired) electrons. The lowest BCUT2D eigenvalue weighted by Crippen LogP contribution is -2.34. The second kappa shape index (κ2) is 15.0. The largest absolute Gasteiger partial charge is 0.444 e. The molecule has 0 fully saturated rings. The summed E-state index contributed by atoms with van der Waals surface area (Å²) in [4.78, 5) is 17.0.